The molecule has 10 nitrogen and oxygen atoms in total. The zero-order valence-electron chi connectivity index (χ0n) is 18.5. The van der Waals surface area contributed by atoms with Gasteiger partial charge >= 0.3 is 11.9 Å². The van der Waals surface area contributed by atoms with Crippen molar-refractivity contribution < 1.29 is 28.2 Å². The van der Waals surface area contributed by atoms with Crippen LogP contribution in [-0.4, -0.2) is 56.4 Å². The fraction of sp³-hybridized carbons (Fsp3) is 0.208. The number of ether oxygens (including phenoxy) is 3. The zero-order chi connectivity index (χ0) is 25.2. The van der Waals surface area contributed by atoms with Gasteiger partial charge in [-0.25, -0.2) is 19.0 Å². The van der Waals surface area contributed by atoms with Crippen LogP contribution in [0.15, 0.2) is 67.0 Å². The normalized spacial score (nSPS) is 21.4. The van der Waals surface area contributed by atoms with E-state index in [1.807, 2.05) is 0 Å². The third kappa shape index (κ3) is 4.58. The number of halogens is 2. The third-order valence-corrected chi connectivity index (χ3v) is 5.77. The van der Waals surface area contributed by atoms with Crippen molar-refractivity contribution in [1.29, 1.82) is 0 Å². The summed E-state index contributed by atoms with van der Waals surface area (Å²) in [7, 11) is 0. The lowest BCUT2D eigenvalue weighted by Gasteiger charge is -2.19. The summed E-state index contributed by atoms with van der Waals surface area (Å²) in [6, 6.07) is 16.4. The monoisotopic (exact) mass is 511 g/mol. The van der Waals surface area contributed by atoms with E-state index < -0.39 is 36.5 Å². The van der Waals surface area contributed by atoms with E-state index in [0.717, 1.165) is 0 Å². The van der Waals surface area contributed by atoms with Gasteiger partial charge in [-0.15, -0.1) is 0 Å². The summed E-state index contributed by atoms with van der Waals surface area (Å²) in [5.74, 6) is -1.37. The van der Waals surface area contributed by atoms with Crippen LogP contribution in [-0.2, 0) is 14.2 Å². The van der Waals surface area contributed by atoms with Crippen LogP contribution in [0, 0.1) is 0 Å². The lowest BCUT2D eigenvalue weighted by atomic mass is 10.1. The Morgan fingerprint density at radius 2 is 1.67 bits per heavy atom. The summed E-state index contributed by atoms with van der Waals surface area (Å²) < 4.78 is 33.9. The molecule has 1 saturated heterocycles. The van der Waals surface area contributed by atoms with Crippen molar-refractivity contribution >= 4 is 40.5 Å². The molecule has 0 radical (unpaired) electrons. The number of benzene rings is 2. The molecule has 12 heteroatoms. The lowest BCUT2D eigenvalue weighted by molar-refractivity contribution is -0.0570. The number of hydrogen-bond donors (Lipinski definition) is 1. The molecule has 3 heterocycles. The van der Waals surface area contributed by atoms with Gasteiger partial charge in [-0.2, -0.15) is 9.97 Å². The molecule has 36 heavy (non-hydrogen) atoms. The lowest BCUT2D eigenvalue weighted by Crippen LogP contribution is -2.37. The Morgan fingerprint density at radius 3 is 2.33 bits per heavy atom. The molecule has 0 aliphatic carbocycles. The maximum atomic E-state index is 15.8. The second kappa shape index (κ2) is 9.88. The Balaban J connectivity index is 1.42. The summed E-state index contributed by atoms with van der Waals surface area (Å²) in [4.78, 5) is 37.2. The number of esters is 2. The largest absolute Gasteiger partial charge is 0.459 e. The molecule has 0 bridgehead atoms. The molecule has 0 saturated carbocycles. The summed E-state index contributed by atoms with van der Waals surface area (Å²) in [6.45, 7) is -0.373. The minimum absolute atomic E-state index is 0.0116. The smallest absolute Gasteiger partial charge is 0.338 e. The summed E-state index contributed by atoms with van der Waals surface area (Å²) in [5.41, 5.74) is 6.73. The van der Waals surface area contributed by atoms with Gasteiger partial charge in [-0.1, -0.05) is 36.4 Å². The average Bonchev–Trinajstić information content (AvgIpc) is 3.44. The number of carbonyl (C=O) groups is 2. The first kappa shape index (κ1) is 23.6. The molecule has 2 aromatic heterocycles. The van der Waals surface area contributed by atoms with Gasteiger partial charge in [0.2, 0.25) is 5.28 Å². The van der Waals surface area contributed by atoms with E-state index in [9.17, 15) is 9.59 Å². The Labute approximate surface area is 208 Å². The van der Waals surface area contributed by atoms with Crippen LogP contribution in [0.3, 0.4) is 0 Å². The number of aromatic nitrogens is 4. The number of fused-ring (bicyclic) bond motifs is 1. The quantitative estimate of drug-likeness (QED) is 0.305. The highest BCUT2D eigenvalue weighted by Gasteiger charge is 2.50. The van der Waals surface area contributed by atoms with Gasteiger partial charge in [0.1, 0.15) is 18.2 Å². The number of rotatable bonds is 6. The first-order valence-corrected chi connectivity index (χ1v) is 11.2. The third-order valence-electron chi connectivity index (χ3n) is 5.60. The molecule has 0 amide bonds. The maximum absolute atomic E-state index is 15.8. The molecular formula is C24H19ClFN5O5. The van der Waals surface area contributed by atoms with Crippen molar-refractivity contribution in [3.05, 3.63) is 83.4 Å². The van der Waals surface area contributed by atoms with E-state index in [4.69, 9.17) is 31.5 Å². The predicted octanol–water partition coefficient (Wildman–Crippen LogP) is 3.38. The fourth-order valence-electron chi connectivity index (χ4n) is 3.87. The highest BCUT2D eigenvalue weighted by Crippen LogP contribution is 2.36. The van der Waals surface area contributed by atoms with E-state index in [2.05, 4.69) is 15.0 Å². The van der Waals surface area contributed by atoms with Gasteiger partial charge in [0.15, 0.2) is 30.0 Å². The van der Waals surface area contributed by atoms with Crippen molar-refractivity contribution in [1.82, 2.24) is 19.5 Å². The SMILES string of the molecule is Nc1nc(Cl)nc2c1ncn2[C@@H]1O[C@H](COC(=O)c2ccccc2)C(OC(=O)c2ccccc2)[C@H]1F. The molecule has 0 spiro atoms. The van der Waals surface area contributed by atoms with Gasteiger partial charge < -0.3 is 19.9 Å². The molecule has 2 N–H and O–H groups in total. The van der Waals surface area contributed by atoms with E-state index in [-0.39, 0.29) is 34.4 Å². The minimum atomic E-state index is -1.87. The second-order valence-corrected chi connectivity index (χ2v) is 8.25. The molecule has 1 aliphatic heterocycles. The van der Waals surface area contributed by atoms with Crippen molar-refractivity contribution in [2.24, 2.45) is 0 Å². The fourth-order valence-corrected chi connectivity index (χ4v) is 4.04. The Morgan fingerprint density at radius 1 is 1.03 bits per heavy atom. The zero-order valence-corrected chi connectivity index (χ0v) is 19.3. The number of carbonyl (C=O) groups excluding carboxylic acids is 2. The predicted molar refractivity (Wildman–Crippen MR) is 126 cm³/mol. The van der Waals surface area contributed by atoms with Crippen LogP contribution in [0.25, 0.3) is 11.2 Å². The Kier molecular flexibility index (Phi) is 6.49. The van der Waals surface area contributed by atoms with Crippen molar-refractivity contribution in [3.8, 4) is 0 Å². The number of imidazole rings is 1. The van der Waals surface area contributed by atoms with Crippen LogP contribution >= 0.6 is 11.6 Å². The molecular weight excluding hydrogens is 493 g/mol. The molecule has 5 rings (SSSR count). The number of hydrogen-bond acceptors (Lipinski definition) is 9. The maximum Gasteiger partial charge on any atom is 0.338 e. The molecule has 1 fully saturated rings. The Bertz CT molecular complexity index is 1400. The number of nitrogens with two attached hydrogens (primary N) is 1. The van der Waals surface area contributed by atoms with E-state index in [1.54, 1.807) is 60.7 Å². The topological polar surface area (TPSA) is 131 Å². The van der Waals surface area contributed by atoms with Gasteiger partial charge in [0.25, 0.3) is 0 Å². The average molecular weight is 512 g/mol. The van der Waals surface area contributed by atoms with Crippen LogP contribution < -0.4 is 5.73 Å². The molecule has 4 aromatic rings. The van der Waals surface area contributed by atoms with Crippen molar-refractivity contribution in [2.45, 2.75) is 24.6 Å². The summed E-state index contributed by atoms with van der Waals surface area (Å²) in [6.07, 6.45) is -4.45. The standard InChI is InChI=1S/C24H19ClFN5O5/c25-24-29-19(27)17-20(30-24)31(12-28-17)21-16(26)18(36-23(33)14-9-5-2-6-10-14)15(35-21)11-34-22(32)13-7-3-1-4-8-13/h1-10,12,15-16,18,21H,11H2,(H2,27,29,30)/t15-,16-,18?,21-/m1/s1. The van der Waals surface area contributed by atoms with Crippen LogP contribution in [0.1, 0.15) is 26.9 Å². The molecule has 2 aromatic carbocycles. The minimum Gasteiger partial charge on any atom is -0.459 e. The number of nitrogens with zero attached hydrogens (tertiary/aromatic N) is 4. The second-order valence-electron chi connectivity index (χ2n) is 7.91. The molecule has 1 unspecified atom stereocenters. The van der Waals surface area contributed by atoms with Crippen LogP contribution in [0.2, 0.25) is 5.28 Å². The molecule has 184 valence electrons. The van der Waals surface area contributed by atoms with Gasteiger partial charge in [0.05, 0.1) is 17.5 Å². The summed E-state index contributed by atoms with van der Waals surface area (Å²) in [5, 5.41) is -0.157. The van der Waals surface area contributed by atoms with Crippen molar-refractivity contribution in [2.75, 3.05) is 12.3 Å². The van der Waals surface area contributed by atoms with Crippen molar-refractivity contribution in [3.63, 3.8) is 0 Å². The summed E-state index contributed by atoms with van der Waals surface area (Å²) >= 11 is 5.93. The van der Waals surface area contributed by atoms with E-state index in [1.165, 1.54) is 10.9 Å². The highest BCUT2D eigenvalue weighted by atomic mass is 35.5. The van der Waals surface area contributed by atoms with E-state index in [0.29, 0.717) is 5.56 Å². The van der Waals surface area contributed by atoms with Crippen LogP contribution in [0.5, 0.6) is 0 Å². The number of nitrogen functional groups attached to an aromatic ring is 1. The number of anilines is 1. The van der Waals surface area contributed by atoms with E-state index >= 15 is 4.39 Å². The van der Waals surface area contributed by atoms with Gasteiger partial charge in [0, 0.05) is 0 Å². The molecule has 1 aliphatic rings. The Hall–Kier alpha value is -4.09. The molecule has 4 atom stereocenters. The first-order valence-electron chi connectivity index (χ1n) is 10.9. The number of alkyl halides is 1. The van der Waals surface area contributed by atoms with Gasteiger partial charge in [-0.05, 0) is 35.9 Å². The highest BCUT2D eigenvalue weighted by molar-refractivity contribution is 6.28. The van der Waals surface area contributed by atoms with Gasteiger partial charge in [-0.3, -0.25) is 4.57 Å². The first-order chi connectivity index (χ1) is 17.4. The van der Waals surface area contributed by atoms with Crippen LogP contribution in [0.4, 0.5) is 10.2 Å².